The van der Waals surface area contributed by atoms with Gasteiger partial charge in [-0.15, -0.1) is 0 Å². The summed E-state index contributed by atoms with van der Waals surface area (Å²) in [6.07, 6.45) is -0.167. The van der Waals surface area contributed by atoms with Crippen molar-refractivity contribution in [1.29, 1.82) is 0 Å². The third-order valence-electron chi connectivity index (χ3n) is 4.58. The number of carbonyl (C=O) groups is 1. The average molecular weight is 319 g/mol. The van der Waals surface area contributed by atoms with E-state index in [0.717, 1.165) is 58.1 Å². The summed E-state index contributed by atoms with van der Waals surface area (Å²) in [4.78, 5) is 18.1. The Balaban J connectivity index is 1.42. The Hall–Kier alpha value is -1.79. The van der Waals surface area contributed by atoms with E-state index >= 15 is 0 Å². The fourth-order valence-corrected chi connectivity index (χ4v) is 3.14. The van der Waals surface area contributed by atoms with E-state index in [0.29, 0.717) is 6.61 Å². The van der Waals surface area contributed by atoms with Crippen LogP contribution in [0.1, 0.15) is 5.56 Å². The number of amides is 1. The minimum absolute atomic E-state index is 0.167. The first kappa shape index (κ1) is 16.1. The smallest absolute Gasteiger partial charge is 0.409 e. The lowest BCUT2D eigenvalue weighted by Crippen LogP contribution is -2.48. The van der Waals surface area contributed by atoms with E-state index in [1.807, 2.05) is 12.1 Å². The van der Waals surface area contributed by atoms with Crippen molar-refractivity contribution < 1.29 is 14.3 Å². The SMILES string of the molecule is COc1ccccc1CN1CCN(CCN2CCOC2=O)CC1. The van der Waals surface area contributed by atoms with Gasteiger partial charge in [-0.3, -0.25) is 9.80 Å². The number of benzene rings is 1. The predicted octanol–water partition coefficient (Wildman–Crippen LogP) is 1.26. The molecule has 0 saturated carbocycles. The summed E-state index contributed by atoms with van der Waals surface area (Å²) in [6, 6.07) is 8.21. The Morgan fingerprint density at radius 1 is 1.04 bits per heavy atom. The van der Waals surface area contributed by atoms with Crippen molar-refractivity contribution in [2.24, 2.45) is 0 Å². The van der Waals surface area contributed by atoms with Gasteiger partial charge in [-0.25, -0.2) is 4.79 Å². The molecule has 126 valence electrons. The average Bonchev–Trinajstić information content (AvgIpc) is 3.00. The standard InChI is InChI=1S/C17H25N3O3/c1-22-16-5-3-2-4-15(16)14-19-8-6-18(7-9-19)10-11-20-12-13-23-17(20)21/h2-5H,6-14H2,1H3. The van der Waals surface area contributed by atoms with Crippen LogP contribution in [0.3, 0.4) is 0 Å². The number of hydrogen-bond donors (Lipinski definition) is 0. The normalized spacial score (nSPS) is 19.9. The molecule has 1 aromatic carbocycles. The van der Waals surface area contributed by atoms with Crippen molar-refractivity contribution in [3.8, 4) is 5.75 Å². The summed E-state index contributed by atoms with van der Waals surface area (Å²) >= 11 is 0. The van der Waals surface area contributed by atoms with Gasteiger partial charge in [-0.1, -0.05) is 18.2 Å². The van der Waals surface area contributed by atoms with Crippen LogP contribution in [-0.4, -0.2) is 80.3 Å². The summed E-state index contributed by atoms with van der Waals surface area (Å²) < 4.78 is 10.4. The number of ether oxygens (including phenoxy) is 2. The Kier molecular flexibility index (Phi) is 5.35. The highest BCUT2D eigenvalue weighted by atomic mass is 16.6. The molecular formula is C17H25N3O3. The fraction of sp³-hybridized carbons (Fsp3) is 0.588. The van der Waals surface area contributed by atoms with Crippen molar-refractivity contribution in [3.05, 3.63) is 29.8 Å². The summed E-state index contributed by atoms with van der Waals surface area (Å²) in [5, 5.41) is 0. The van der Waals surface area contributed by atoms with Crippen LogP contribution in [0.5, 0.6) is 5.75 Å². The number of para-hydroxylation sites is 1. The van der Waals surface area contributed by atoms with Gasteiger partial charge in [0.1, 0.15) is 12.4 Å². The van der Waals surface area contributed by atoms with Gasteiger partial charge in [-0.2, -0.15) is 0 Å². The quantitative estimate of drug-likeness (QED) is 0.790. The molecule has 3 rings (SSSR count). The lowest BCUT2D eigenvalue weighted by Gasteiger charge is -2.35. The van der Waals surface area contributed by atoms with Crippen molar-refractivity contribution in [1.82, 2.24) is 14.7 Å². The van der Waals surface area contributed by atoms with Gasteiger partial charge < -0.3 is 14.4 Å². The first-order valence-corrected chi connectivity index (χ1v) is 8.24. The largest absolute Gasteiger partial charge is 0.496 e. The topological polar surface area (TPSA) is 45.2 Å². The molecule has 1 amide bonds. The summed E-state index contributed by atoms with van der Waals surface area (Å²) in [5.74, 6) is 0.961. The number of carbonyl (C=O) groups excluding carboxylic acids is 1. The van der Waals surface area contributed by atoms with Crippen molar-refractivity contribution in [3.63, 3.8) is 0 Å². The minimum Gasteiger partial charge on any atom is -0.496 e. The van der Waals surface area contributed by atoms with Crippen LogP contribution in [0.4, 0.5) is 4.79 Å². The number of nitrogens with zero attached hydrogens (tertiary/aromatic N) is 3. The molecule has 6 heteroatoms. The van der Waals surface area contributed by atoms with Gasteiger partial charge >= 0.3 is 6.09 Å². The third-order valence-corrected chi connectivity index (χ3v) is 4.58. The van der Waals surface area contributed by atoms with Crippen LogP contribution in [0.25, 0.3) is 0 Å². The zero-order valence-electron chi connectivity index (χ0n) is 13.7. The number of rotatable bonds is 6. The maximum absolute atomic E-state index is 11.4. The van der Waals surface area contributed by atoms with Gasteiger partial charge in [0, 0.05) is 51.4 Å². The van der Waals surface area contributed by atoms with Crippen molar-refractivity contribution >= 4 is 6.09 Å². The zero-order chi connectivity index (χ0) is 16.1. The molecule has 0 N–H and O–H groups in total. The molecule has 1 aromatic rings. The number of methoxy groups -OCH3 is 1. The monoisotopic (exact) mass is 319 g/mol. The van der Waals surface area contributed by atoms with Crippen LogP contribution < -0.4 is 4.74 Å². The molecule has 0 spiro atoms. The van der Waals surface area contributed by atoms with Crippen LogP contribution in [0, 0.1) is 0 Å². The summed E-state index contributed by atoms with van der Waals surface area (Å²) in [5.41, 5.74) is 1.24. The number of piperazine rings is 1. The highest BCUT2D eigenvalue weighted by Gasteiger charge is 2.23. The Morgan fingerprint density at radius 2 is 1.78 bits per heavy atom. The molecule has 0 atom stereocenters. The van der Waals surface area contributed by atoms with E-state index in [1.54, 1.807) is 12.0 Å². The first-order valence-electron chi connectivity index (χ1n) is 8.24. The van der Waals surface area contributed by atoms with Gasteiger partial charge in [0.15, 0.2) is 0 Å². The third kappa shape index (κ3) is 4.14. The van der Waals surface area contributed by atoms with E-state index in [4.69, 9.17) is 9.47 Å². The Labute approximate surface area is 137 Å². The Bertz CT molecular complexity index is 530. The molecule has 2 aliphatic heterocycles. The molecule has 2 heterocycles. The maximum Gasteiger partial charge on any atom is 0.409 e. The van der Waals surface area contributed by atoms with Crippen molar-refractivity contribution in [2.75, 3.05) is 59.5 Å². The molecule has 0 unspecified atom stereocenters. The van der Waals surface area contributed by atoms with Gasteiger partial charge in [0.25, 0.3) is 0 Å². The van der Waals surface area contributed by atoms with Crippen molar-refractivity contribution in [2.45, 2.75) is 6.54 Å². The van der Waals surface area contributed by atoms with E-state index in [9.17, 15) is 4.79 Å². The Morgan fingerprint density at radius 3 is 2.48 bits per heavy atom. The second kappa shape index (κ2) is 7.66. The molecule has 2 saturated heterocycles. The molecule has 2 aliphatic rings. The number of cyclic esters (lactones) is 1. The molecule has 0 aliphatic carbocycles. The molecule has 0 radical (unpaired) electrons. The molecule has 2 fully saturated rings. The van der Waals surface area contributed by atoms with Crippen LogP contribution in [-0.2, 0) is 11.3 Å². The first-order chi connectivity index (χ1) is 11.3. The predicted molar refractivity (Wildman–Crippen MR) is 87.6 cm³/mol. The maximum atomic E-state index is 11.4. The second-order valence-electron chi connectivity index (χ2n) is 6.03. The summed E-state index contributed by atoms with van der Waals surface area (Å²) in [6.45, 7) is 8.05. The second-order valence-corrected chi connectivity index (χ2v) is 6.03. The van der Waals surface area contributed by atoms with E-state index in [1.165, 1.54) is 5.56 Å². The minimum atomic E-state index is -0.167. The molecule has 6 nitrogen and oxygen atoms in total. The van der Waals surface area contributed by atoms with Crippen LogP contribution in [0.15, 0.2) is 24.3 Å². The van der Waals surface area contributed by atoms with E-state index in [-0.39, 0.29) is 6.09 Å². The van der Waals surface area contributed by atoms with Crippen LogP contribution >= 0.6 is 0 Å². The molecular weight excluding hydrogens is 294 g/mol. The van der Waals surface area contributed by atoms with E-state index < -0.39 is 0 Å². The highest BCUT2D eigenvalue weighted by molar-refractivity contribution is 5.69. The lowest BCUT2D eigenvalue weighted by atomic mass is 10.1. The van der Waals surface area contributed by atoms with Gasteiger partial charge in [-0.05, 0) is 6.07 Å². The molecule has 23 heavy (non-hydrogen) atoms. The lowest BCUT2D eigenvalue weighted by molar-refractivity contribution is 0.115. The molecule has 0 bridgehead atoms. The van der Waals surface area contributed by atoms with Gasteiger partial charge in [0.2, 0.25) is 0 Å². The fourth-order valence-electron chi connectivity index (χ4n) is 3.14. The molecule has 0 aromatic heterocycles. The van der Waals surface area contributed by atoms with Gasteiger partial charge in [0.05, 0.1) is 13.7 Å². The zero-order valence-corrected chi connectivity index (χ0v) is 13.7. The highest BCUT2D eigenvalue weighted by Crippen LogP contribution is 2.19. The summed E-state index contributed by atoms with van der Waals surface area (Å²) in [7, 11) is 1.72. The van der Waals surface area contributed by atoms with Crippen LogP contribution in [0.2, 0.25) is 0 Å². The van der Waals surface area contributed by atoms with E-state index in [2.05, 4.69) is 21.9 Å². The number of hydrogen-bond acceptors (Lipinski definition) is 5.